The number of halogens is 1. The van der Waals surface area contributed by atoms with Crippen LogP contribution in [0.4, 0.5) is 5.82 Å². The molecule has 1 aromatic rings. The van der Waals surface area contributed by atoms with Crippen LogP contribution in [-0.2, 0) is 0 Å². The van der Waals surface area contributed by atoms with Crippen molar-refractivity contribution >= 4 is 21.7 Å². The van der Waals surface area contributed by atoms with Crippen LogP contribution < -0.4 is 9.64 Å². The minimum atomic E-state index is 0.479. The molecule has 0 bridgehead atoms. The minimum absolute atomic E-state index is 0.479. The molecule has 0 aliphatic carbocycles. The number of pyridine rings is 1. The standard InChI is InChI=1S/C12H18BrN3O/c1-9-8-15(2)4-5-16(9)12-6-11(17-3)10(13)7-14-12/h6-7,9H,4-5,8H2,1-3H3/t9-/m1/s1. The lowest BCUT2D eigenvalue weighted by molar-refractivity contribution is 0.274. The molecular weight excluding hydrogens is 282 g/mol. The first-order valence-corrected chi connectivity index (χ1v) is 6.56. The van der Waals surface area contributed by atoms with E-state index in [-0.39, 0.29) is 0 Å². The van der Waals surface area contributed by atoms with E-state index in [1.54, 1.807) is 13.3 Å². The molecule has 0 unspecified atom stereocenters. The number of aromatic nitrogens is 1. The fourth-order valence-electron chi connectivity index (χ4n) is 2.20. The van der Waals surface area contributed by atoms with Gasteiger partial charge in [0.1, 0.15) is 11.6 Å². The predicted octanol–water partition coefficient (Wildman–Crippen LogP) is 1.99. The lowest BCUT2D eigenvalue weighted by Gasteiger charge is -2.39. The van der Waals surface area contributed by atoms with Gasteiger partial charge in [-0.05, 0) is 29.9 Å². The topological polar surface area (TPSA) is 28.6 Å². The van der Waals surface area contributed by atoms with Gasteiger partial charge < -0.3 is 14.5 Å². The number of likely N-dealkylation sites (N-methyl/N-ethyl adjacent to an activating group) is 1. The predicted molar refractivity (Wildman–Crippen MR) is 72.8 cm³/mol. The van der Waals surface area contributed by atoms with E-state index in [0.717, 1.165) is 35.7 Å². The van der Waals surface area contributed by atoms with E-state index in [1.807, 2.05) is 6.07 Å². The Morgan fingerprint density at radius 2 is 2.24 bits per heavy atom. The summed E-state index contributed by atoms with van der Waals surface area (Å²) < 4.78 is 6.20. The number of hydrogen-bond acceptors (Lipinski definition) is 4. The quantitative estimate of drug-likeness (QED) is 0.835. The Labute approximate surface area is 111 Å². The van der Waals surface area contributed by atoms with E-state index in [1.165, 1.54) is 0 Å². The number of anilines is 1. The van der Waals surface area contributed by atoms with Crippen LogP contribution in [0.5, 0.6) is 5.75 Å². The van der Waals surface area contributed by atoms with Crippen molar-refractivity contribution in [1.29, 1.82) is 0 Å². The third-order valence-corrected chi connectivity index (χ3v) is 3.75. The average Bonchev–Trinajstić information content (AvgIpc) is 2.30. The number of hydrogen-bond donors (Lipinski definition) is 0. The molecule has 17 heavy (non-hydrogen) atoms. The second-order valence-corrected chi connectivity index (χ2v) is 5.34. The summed E-state index contributed by atoms with van der Waals surface area (Å²) in [6.45, 7) is 5.38. The van der Waals surface area contributed by atoms with Crippen LogP contribution in [0.2, 0.25) is 0 Å². The van der Waals surface area contributed by atoms with E-state index < -0.39 is 0 Å². The zero-order valence-corrected chi connectivity index (χ0v) is 12.1. The highest BCUT2D eigenvalue weighted by Gasteiger charge is 2.23. The molecular formula is C12H18BrN3O. The molecule has 0 aromatic carbocycles. The van der Waals surface area contributed by atoms with Gasteiger partial charge in [-0.15, -0.1) is 0 Å². The fourth-order valence-corrected chi connectivity index (χ4v) is 2.58. The Bertz CT molecular complexity index is 399. The molecule has 1 aromatic heterocycles. The molecule has 0 amide bonds. The molecule has 0 N–H and O–H groups in total. The molecule has 94 valence electrons. The summed E-state index contributed by atoms with van der Waals surface area (Å²) >= 11 is 3.43. The smallest absolute Gasteiger partial charge is 0.138 e. The van der Waals surface area contributed by atoms with Crippen molar-refractivity contribution in [2.75, 3.05) is 38.7 Å². The molecule has 4 nitrogen and oxygen atoms in total. The monoisotopic (exact) mass is 299 g/mol. The van der Waals surface area contributed by atoms with Gasteiger partial charge >= 0.3 is 0 Å². The maximum Gasteiger partial charge on any atom is 0.138 e. The highest BCUT2D eigenvalue weighted by atomic mass is 79.9. The van der Waals surface area contributed by atoms with Crippen molar-refractivity contribution in [3.05, 3.63) is 16.7 Å². The van der Waals surface area contributed by atoms with E-state index in [9.17, 15) is 0 Å². The number of ether oxygens (including phenoxy) is 1. The van der Waals surface area contributed by atoms with Gasteiger partial charge in [0.15, 0.2) is 0 Å². The van der Waals surface area contributed by atoms with Gasteiger partial charge in [0.25, 0.3) is 0 Å². The highest BCUT2D eigenvalue weighted by molar-refractivity contribution is 9.10. The normalized spacial score (nSPS) is 21.6. The number of nitrogens with zero attached hydrogens (tertiary/aromatic N) is 3. The molecule has 1 aliphatic heterocycles. The first kappa shape index (κ1) is 12.6. The Kier molecular flexibility index (Phi) is 3.89. The van der Waals surface area contributed by atoms with Gasteiger partial charge in [0.05, 0.1) is 11.6 Å². The highest BCUT2D eigenvalue weighted by Crippen LogP contribution is 2.28. The zero-order chi connectivity index (χ0) is 12.4. The Morgan fingerprint density at radius 3 is 2.88 bits per heavy atom. The second-order valence-electron chi connectivity index (χ2n) is 4.48. The van der Waals surface area contributed by atoms with Gasteiger partial charge in [-0.25, -0.2) is 4.98 Å². The summed E-state index contributed by atoms with van der Waals surface area (Å²) in [6, 6.07) is 2.47. The Morgan fingerprint density at radius 1 is 1.47 bits per heavy atom. The molecule has 1 fully saturated rings. The van der Waals surface area contributed by atoms with Crippen LogP contribution in [0, 0.1) is 0 Å². The van der Waals surface area contributed by atoms with Crippen molar-refractivity contribution in [2.24, 2.45) is 0 Å². The summed E-state index contributed by atoms with van der Waals surface area (Å²) in [6.07, 6.45) is 1.80. The van der Waals surface area contributed by atoms with Crippen molar-refractivity contribution in [3.63, 3.8) is 0 Å². The summed E-state index contributed by atoms with van der Waals surface area (Å²) in [5.41, 5.74) is 0. The van der Waals surface area contributed by atoms with Crippen LogP contribution in [-0.4, -0.2) is 49.7 Å². The second kappa shape index (κ2) is 5.23. The summed E-state index contributed by atoms with van der Waals surface area (Å²) in [7, 11) is 3.83. The van der Waals surface area contributed by atoms with Crippen molar-refractivity contribution in [1.82, 2.24) is 9.88 Å². The summed E-state index contributed by atoms with van der Waals surface area (Å²) in [5, 5.41) is 0. The van der Waals surface area contributed by atoms with Crippen LogP contribution in [0.3, 0.4) is 0 Å². The van der Waals surface area contributed by atoms with Gasteiger partial charge in [-0.1, -0.05) is 0 Å². The third kappa shape index (κ3) is 2.72. The molecule has 2 rings (SSSR count). The Hall–Kier alpha value is -0.810. The van der Waals surface area contributed by atoms with E-state index >= 15 is 0 Å². The molecule has 5 heteroatoms. The number of methoxy groups -OCH3 is 1. The lowest BCUT2D eigenvalue weighted by Crippen LogP contribution is -2.50. The SMILES string of the molecule is COc1cc(N2CCN(C)C[C@H]2C)ncc1Br. The van der Waals surface area contributed by atoms with Crippen molar-refractivity contribution in [2.45, 2.75) is 13.0 Å². The lowest BCUT2D eigenvalue weighted by atomic mass is 10.2. The van der Waals surface area contributed by atoms with E-state index in [2.05, 4.69) is 44.7 Å². The summed E-state index contributed by atoms with van der Waals surface area (Å²) in [4.78, 5) is 9.14. The molecule has 1 atom stereocenters. The maximum atomic E-state index is 5.31. The molecule has 1 saturated heterocycles. The molecule has 1 aliphatic rings. The minimum Gasteiger partial charge on any atom is -0.495 e. The first-order chi connectivity index (χ1) is 8.11. The number of rotatable bonds is 2. The molecule has 0 radical (unpaired) electrons. The fraction of sp³-hybridized carbons (Fsp3) is 0.583. The van der Waals surface area contributed by atoms with E-state index in [0.29, 0.717) is 6.04 Å². The zero-order valence-electron chi connectivity index (χ0n) is 10.5. The van der Waals surface area contributed by atoms with E-state index in [4.69, 9.17) is 4.74 Å². The van der Waals surface area contributed by atoms with Crippen molar-refractivity contribution < 1.29 is 4.74 Å². The molecule has 0 spiro atoms. The first-order valence-electron chi connectivity index (χ1n) is 5.76. The van der Waals surface area contributed by atoms with Crippen LogP contribution in [0.15, 0.2) is 16.7 Å². The average molecular weight is 300 g/mol. The van der Waals surface area contributed by atoms with Crippen molar-refractivity contribution in [3.8, 4) is 5.75 Å². The maximum absolute atomic E-state index is 5.31. The molecule has 2 heterocycles. The van der Waals surface area contributed by atoms with Gasteiger partial charge in [-0.3, -0.25) is 0 Å². The largest absolute Gasteiger partial charge is 0.495 e. The van der Waals surface area contributed by atoms with Gasteiger partial charge in [0.2, 0.25) is 0 Å². The molecule has 0 saturated carbocycles. The number of piperazine rings is 1. The van der Waals surface area contributed by atoms with Crippen LogP contribution in [0.25, 0.3) is 0 Å². The van der Waals surface area contributed by atoms with Crippen LogP contribution >= 0.6 is 15.9 Å². The van der Waals surface area contributed by atoms with Crippen LogP contribution in [0.1, 0.15) is 6.92 Å². The van der Waals surface area contributed by atoms with Gasteiger partial charge in [-0.2, -0.15) is 0 Å². The van der Waals surface area contributed by atoms with Gasteiger partial charge in [0, 0.05) is 37.9 Å². The Balaban J connectivity index is 2.22. The third-order valence-electron chi connectivity index (χ3n) is 3.15. The summed E-state index contributed by atoms with van der Waals surface area (Å²) in [5.74, 6) is 1.83.